The minimum atomic E-state index is -0.104. The standard InChI is InChI=1S/C20H17BrN4O2S/c1-2-25-19(17-11-13-7-3-6-10-16(13)27-17)23-24-20(25)28-12-18(26)22-15-9-5-4-8-14(15)21/h3-11H,2,12H2,1H3,(H,22,26). The number of nitrogens with zero attached hydrogens (tertiary/aromatic N) is 3. The zero-order valence-electron chi connectivity index (χ0n) is 15.1. The summed E-state index contributed by atoms with van der Waals surface area (Å²) in [6, 6.07) is 17.3. The van der Waals surface area contributed by atoms with Crippen molar-refractivity contribution in [2.75, 3.05) is 11.1 Å². The van der Waals surface area contributed by atoms with Crippen molar-refractivity contribution in [2.45, 2.75) is 18.6 Å². The smallest absolute Gasteiger partial charge is 0.234 e. The minimum absolute atomic E-state index is 0.104. The molecule has 2 aromatic carbocycles. The number of halogens is 1. The number of anilines is 1. The van der Waals surface area contributed by atoms with Crippen LogP contribution in [0.2, 0.25) is 0 Å². The Kier molecular flexibility index (Phi) is 5.50. The molecule has 0 aliphatic carbocycles. The van der Waals surface area contributed by atoms with E-state index in [-0.39, 0.29) is 11.7 Å². The first-order valence-corrected chi connectivity index (χ1v) is 10.5. The second-order valence-corrected chi connectivity index (χ2v) is 7.81. The summed E-state index contributed by atoms with van der Waals surface area (Å²) in [5.74, 6) is 1.46. The number of para-hydroxylation sites is 2. The zero-order valence-corrected chi connectivity index (χ0v) is 17.5. The molecule has 0 fully saturated rings. The number of nitrogens with one attached hydrogen (secondary N) is 1. The maximum atomic E-state index is 12.3. The highest BCUT2D eigenvalue weighted by Crippen LogP contribution is 2.29. The molecule has 4 aromatic rings. The molecule has 0 spiro atoms. The maximum absolute atomic E-state index is 12.3. The lowest BCUT2D eigenvalue weighted by molar-refractivity contribution is -0.113. The van der Waals surface area contributed by atoms with E-state index < -0.39 is 0 Å². The van der Waals surface area contributed by atoms with Crippen LogP contribution in [-0.4, -0.2) is 26.4 Å². The van der Waals surface area contributed by atoms with Gasteiger partial charge >= 0.3 is 0 Å². The molecule has 142 valence electrons. The van der Waals surface area contributed by atoms with Crippen LogP contribution in [0.1, 0.15) is 6.92 Å². The number of carbonyl (C=O) groups is 1. The van der Waals surface area contributed by atoms with Gasteiger partial charge in [0, 0.05) is 16.4 Å². The summed E-state index contributed by atoms with van der Waals surface area (Å²) in [5, 5.41) is 13.1. The number of fused-ring (bicyclic) bond motifs is 1. The van der Waals surface area contributed by atoms with Crippen molar-refractivity contribution in [2.24, 2.45) is 0 Å². The minimum Gasteiger partial charge on any atom is -0.453 e. The molecule has 0 saturated heterocycles. The maximum Gasteiger partial charge on any atom is 0.234 e. The number of thioether (sulfide) groups is 1. The second kappa shape index (κ2) is 8.20. The van der Waals surface area contributed by atoms with E-state index in [1.54, 1.807) is 0 Å². The van der Waals surface area contributed by atoms with Crippen molar-refractivity contribution in [1.29, 1.82) is 0 Å². The topological polar surface area (TPSA) is 73.0 Å². The summed E-state index contributed by atoms with van der Waals surface area (Å²) in [6.07, 6.45) is 0. The molecule has 2 heterocycles. The molecule has 0 bridgehead atoms. The highest BCUT2D eigenvalue weighted by Gasteiger charge is 2.18. The van der Waals surface area contributed by atoms with Gasteiger partial charge in [-0.2, -0.15) is 0 Å². The molecule has 8 heteroatoms. The first kappa shape index (κ1) is 18.8. The zero-order chi connectivity index (χ0) is 19.5. The third-order valence-corrected chi connectivity index (χ3v) is 5.82. The largest absolute Gasteiger partial charge is 0.453 e. The molecule has 28 heavy (non-hydrogen) atoms. The Labute approximate surface area is 174 Å². The highest BCUT2D eigenvalue weighted by atomic mass is 79.9. The van der Waals surface area contributed by atoms with E-state index in [0.29, 0.717) is 23.3 Å². The number of hydrogen-bond acceptors (Lipinski definition) is 5. The molecule has 0 unspecified atom stereocenters. The van der Waals surface area contributed by atoms with Gasteiger partial charge < -0.3 is 9.73 Å². The number of benzene rings is 2. The number of furan rings is 1. The fraction of sp³-hybridized carbons (Fsp3) is 0.150. The molecule has 0 aliphatic rings. The summed E-state index contributed by atoms with van der Waals surface area (Å²) in [5.41, 5.74) is 1.55. The van der Waals surface area contributed by atoms with Crippen molar-refractivity contribution in [3.8, 4) is 11.6 Å². The van der Waals surface area contributed by atoms with E-state index in [2.05, 4.69) is 31.4 Å². The number of carbonyl (C=O) groups excluding carboxylic acids is 1. The average molecular weight is 457 g/mol. The highest BCUT2D eigenvalue weighted by molar-refractivity contribution is 9.10. The first-order valence-electron chi connectivity index (χ1n) is 8.75. The van der Waals surface area contributed by atoms with Crippen molar-refractivity contribution in [1.82, 2.24) is 14.8 Å². The van der Waals surface area contributed by atoms with Crippen molar-refractivity contribution >= 4 is 50.3 Å². The van der Waals surface area contributed by atoms with Gasteiger partial charge in [-0.05, 0) is 47.1 Å². The van der Waals surface area contributed by atoms with Crippen molar-refractivity contribution in [3.05, 3.63) is 59.1 Å². The summed E-state index contributed by atoms with van der Waals surface area (Å²) in [7, 11) is 0. The van der Waals surface area contributed by atoms with Gasteiger partial charge in [0.05, 0.1) is 11.4 Å². The van der Waals surface area contributed by atoms with E-state index in [0.717, 1.165) is 21.1 Å². The monoisotopic (exact) mass is 456 g/mol. The van der Waals surface area contributed by atoms with Crippen LogP contribution in [0.5, 0.6) is 0 Å². The molecule has 6 nitrogen and oxygen atoms in total. The number of amides is 1. The van der Waals surface area contributed by atoms with Crippen LogP contribution < -0.4 is 5.32 Å². The van der Waals surface area contributed by atoms with E-state index >= 15 is 0 Å². The summed E-state index contributed by atoms with van der Waals surface area (Å²) in [6.45, 7) is 2.69. The Hall–Kier alpha value is -2.58. The van der Waals surface area contributed by atoms with E-state index in [1.165, 1.54) is 11.8 Å². The van der Waals surface area contributed by atoms with Crippen LogP contribution >= 0.6 is 27.7 Å². The van der Waals surface area contributed by atoms with Crippen LogP contribution in [0.15, 0.2) is 68.6 Å². The Morgan fingerprint density at radius 3 is 2.75 bits per heavy atom. The number of rotatable bonds is 6. The van der Waals surface area contributed by atoms with Crippen molar-refractivity contribution in [3.63, 3.8) is 0 Å². The number of aromatic nitrogens is 3. The molecule has 0 radical (unpaired) electrons. The molecular weight excluding hydrogens is 440 g/mol. The summed E-state index contributed by atoms with van der Waals surface area (Å²) < 4.78 is 8.71. The van der Waals surface area contributed by atoms with Gasteiger partial charge in [-0.1, -0.05) is 42.1 Å². The van der Waals surface area contributed by atoms with Crippen molar-refractivity contribution < 1.29 is 9.21 Å². The predicted octanol–water partition coefficient (Wildman–Crippen LogP) is 5.20. The average Bonchev–Trinajstić information content (AvgIpc) is 3.31. The van der Waals surface area contributed by atoms with Gasteiger partial charge in [-0.15, -0.1) is 10.2 Å². The third-order valence-electron chi connectivity index (χ3n) is 4.16. The van der Waals surface area contributed by atoms with Crippen LogP contribution in [0.4, 0.5) is 5.69 Å². The van der Waals surface area contributed by atoms with Crippen LogP contribution in [0.25, 0.3) is 22.6 Å². The molecule has 2 aromatic heterocycles. The predicted molar refractivity (Wildman–Crippen MR) is 114 cm³/mol. The van der Waals surface area contributed by atoms with Crippen LogP contribution in [0.3, 0.4) is 0 Å². The third kappa shape index (κ3) is 3.83. The quantitative estimate of drug-likeness (QED) is 0.403. The van der Waals surface area contributed by atoms with Crippen LogP contribution in [-0.2, 0) is 11.3 Å². The van der Waals surface area contributed by atoms with E-state index in [1.807, 2.05) is 66.1 Å². The number of hydrogen-bond donors (Lipinski definition) is 1. The van der Waals surface area contributed by atoms with Gasteiger partial charge in [0.2, 0.25) is 11.7 Å². The van der Waals surface area contributed by atoms with Gasteiger partial charge in [0.25, 0.3) is 0 Å². The normalized spacial score (nSPS) is 11.1. The Balaban J connectivity index is 1.50. The van der Waals surface area contributed by atoms with E-state index in [9.17, 15) is 4.79 Å². The lowest BCUT2D eigenvalue weighted by atomic mass is 10.2. The fourth-order valence-electron chi connectivity index (χ4n) is 2.83. The van der Waals surface area contributed by atoms with Gasteiger partial charge in [0.1, 0.15) is 5.58 Å². The molecule has 0 atom stereocenters. The van der Waals surface area contributed by atoms with E-state index in [4.69, 9.17) is 4.42 Å². The second-order valence-electron chi connectivity index (χ2n) is 6.02. The lowest BCUT2D eigenvalue weighted by Crippen LogP contribution is -2.15. The summed E-state index contributed by atoms with van der Waals surface area (Å²) >= 11 is 4.78. The van der Waals surface area contributed by atoms with Gasteiger partial charge in [-0.25, -0.2) is 0 Å². The molecule has 1 amide bonds. The lowest BCUT2D eigenvalue weighted by Gasteiger charge is -2.08. The molecule has 1 N–H and O–H groups in total. The van der Waals surface area contributed by atoms with Gasteiger partial charge in [-0.3, -0.25) is 9.36 Å². The van der Waals surface area contributed by atoms with Gasteiger partial charge in [0.15, 0.2) is 10.9 Å². The summed E-state index contributed by atoms with van der Waals surface area (Å²) in [4.78, 5) is 12.3. The fourth-order valence-corrected chi connectivity index (χ4v) is 4.02. The first-order chi connectivity index (χ1) is 13.7. The SMILES string of the molecule is CCn1c(SCC(=O)Nc2ccccc2Br)nnc1-c1cc2ccccc2o1. The Morgan fingerprint density at radius 1 is 1.18 bits per heavy atom. The molecule has 0 aliphatic heterocycles. The molecule has 4 rings (SSSR count). The molecular formula is C20H17BrN4O2S. The van der Waals surface area contributed by atoms with Crippen LogP contribution in [0, 0.1) is 0 Å². The molecule has 0 saturated carbocycles. The Morgan fingerprint density at radius 2 is 1.96 bits per heavy atom. The Bertz CT molecular complexity index is 1110.